The number of rotatable bonds is 1. The van der Waals surface area contributed by atoms with Crippen LogP contribution in [0.25, 0.3) is 11.1 Å². The lowest BCUT2D eigenvalue weighted by molar-refractivity contribution is 0.531. The van der Waals surface area contributed by atoms with E-state index in [1.807, 2.05) is 6.07 Å². The molecule has 1 aromatic heterocycles. The van der Waals surface area contributed by atoms with Crippen LogP contribution in [0.2, 0.25) is 0 Å². The molecule has 0 aliphatic heterocycles. The summed E-state index contributed by atoms with van der Waals surface area (Å²) in [6, 6.07) is 4.07. The molecule has 14 heavy (non-hydrogen) atoms. The van der Waals surface area contributed by atoms with Crippen molar-refractivity contribution >= 4 is 27.0 Å². The van der Waals surface area contributed by atoms with E-state index < -0.39 is 0 Å². The Morgan fingerprint density at radius 2 is 2.21 bits per heavy atom. The lowest BCUT2D eigenvalue weighted by Gasteiger charge is -1.93. The van der Waals surface area contributed by atoms with Gasteiger partial charge in [0, 0.05) is 10.4 Å². The van der Waals surface area contributed by atoms with Crippen LogP contribution in [0, 0.1) is 6.92 Å². The third-order valence-corrected chi connectivity index (χ3v) is 3.04. The molecule has 0 radical (unpaired) electrons. The van der Waals surface area contributed by atoms with Crippen LogP contribution in [0.1, 0.15) is 30.2 Å². The molecule has 0 unspecified atom stereocenters. The SMILES string of the molecule is Cc1cc(Br)cc2nc(C3CC3)oc12. The van der Waals surface area contributed by atoms with Gasteiger partial charge in [0.1, 0.15) is 5.52 Å². The Morgan fingerprint density at radius 1 is 1.43 bits per heavy atom. The standard InChI is InChI=1S/C11H10BrNO/c1-6-4-8(12)5-9-10(6)14-11(13-9)7-2-3-7/h4-5,7H,2-3H2,1H3. The van der Waals surface area contributed by atoms with E-state index in [4.69, 9.17) is 4.42 Å². The van der Waals surface area contributed by atoms with Crippen LogP contribution >= 0.6 is 15.9 Å². The van der Waals surface area contributed by atoms with Crippen molar-refractivity contribution < 1.29 is 4.42 Å². The molecule has 1 heterocycles. The highest BCUT2D eigenvalue weighted by atomic mass is 79.9. The fourth-order valence-corrected chi connectivity index (χ4v) is 2.24. The number of hydrogen-bond acceptors (Lipinski definition) is 2. The number of aromatic nitrogens is 1. The van der Waals surface area contributed by atoms with Crippen LogP contribution in [0.3, 0.4) is 0 Å². The quantitative estimate of drug-likeness (QED) is 0.771. The average molecular weight is 252 g/mol. The van der Waals surface area contributed by atoms with Gasteiger partial charge in [0.05, 0.1) is 0 Å². The van der Waals surface area contributed by atoms with E-state index >= 15 is 0 Å². The van der Waals surface area contributed by atoms with E-state index in [-0.39, 0.29) is 0 Å². The summed E-state index contributed by atoms with van der Waals surface area (Å²) in [6.45, 7) is 2.05. The van der Waals surface area contributed by atoms with Gasteiger partial charge in [0.15, 0.2) is 11.5 Å². The van der Waals surface area contributed by atoms with Crippen LogP contribution in [-0.4, -0.2) is 4.98 Å². The molecule has 1 aromatic carbocycles. The molecule has 2 nitrogen and oxygen atoms in total. The molecule has 0 saturated heterocycles. The minimum Gasteiger partial charge on any atom is -0.440 e. The number of fused-ring (bicyclic) bond motifs is 1. The van der Waals surface area contributed by atoms with Crippen molar-refractivity contribution in [2.45, 2.75) is 25.7 Å². The second-order valence-electron chi connectivity index (χ2n) is 3.90. The Bertz CT molecular complexity index is 499. The normalized spacial score (nSPS) is 16.4. The first-order valence-corrected chi connectivity index (χ1v) is 5.60. The van der Waals surface area contributed by atoms with Gasteiger partial charge in [-0.15, -0.1) is 0 Å². The summed E-state index contributed by atoms with van der Waals surface area (Å²) in [5, 5.41) is 0. The molecule has 0 amide bonds. The van der Waals surface area contributed by atoms with Crippen LogP contribution in [-0.2, 0) is 0 Å². The maximum absolute atomic E-state index is 5.75. The molecule has 72 valence electrons. The third-order valence-electron chi connectivity index (χ3n) is 2.58. The van der Waals surface area contributed by atoms with Crippen LogP contribution in [0.5, 0.6) is 0 Å². The van der Waals surface area contributed by atoms with E-state index in [0.717, 1.165) is 27.0 Å². The van der Waals surface area contributed by atoms with Gasteiger partial charge < -0.3 is 4.42 Å². The number of nitrogens with zero attached hydrogens (tertiary/aromatic N) is 1. The fraction of sp³-hybridized carbons (Fsp3) is 0.364. The maximum atomic E-state index is 5.75. The smallest absolute Gasteiger partial charge is 0.198 e. The molecule has 1 aliphatic carbocycles. The van der Waals surface area contributed by atoms with Crippen molar-refractivity contribution in [3.63, 3.8) is 0 Å². The van der Waals surface area contributed by atoms with Crippen LogP contribution in [0.15, 0.2) is 21.0 Å². The van der Waals surface area contributed by atoms with Gasteiger partial charge in [-0.2, -0.15) is 0 Å². The van der Waals surface area contributed by atoms with Gasteiger partial charge in [-0.05, 0) is 37.5 Å². The highest BCUT2D eigenvalue weighted by Crippen LogP contribution is 2.41. The summed E-state index contributed by atoms with van der Waals surface area (Å²) < 4.78 is 6.81. The Balaban J connectivity index is 2.26. The number of oxazole rings is 1. The van der Waals surface area contributed by atoms with Crippen LogP contribution < -0.4 is 0 Å². The first-order valence-electron chi connectivity index (χ1n) is 4.80. The Kier molecular flexibility index (Phi) is 1.71. The molecule has 0 atom stereocenters. The minimum atomic E-state index is 0.584. The summed E-state index contributed by atoms with van der Waals surface area (Å²) in [4.78, 5) is 4.50. The predicted octanol–water partition coefficient (Wildman–Crippen LogP) is 3.78. The predicted molar refractivity (Wildman–Crippen MR) is 58.4 cm³/mol. The number of hydrogen-bond donors (Lipinski definition) is 0. The lowest BCUT2D eigenvalue weighted by Crippen LogP contribution is -1.76. The summed E-state index contributed by atoms with van der Waals surface area (Å²) in [7, 11) is 0. The lowest BCUT2D eigenvalue weighted by atomic mass is 10.2. The van der Waals surface area contributed by atoms with E-state index in [0.29, 0.717) is 5.92 Å². The molecule has 3 heteroatoms. The highest BCUT2D eigenvalue weighted by molar-refractivity contribution is 9.10. The van der Waals surface area contributed by atoms with Gasteiger partial charge in [-0.3, -0.25) is 0 Å². The van der Waals surface area contributed by atoms with Gasteiger partial charge in [0.25, 0.3) is 0 Å². The van der Waals surface area contributed by atoms with Gasteiger partial charge in [-0.1, -0.05) is 15.9 Å². The topological polar surface area (TPSA) is 26.0 Å². The molecule has 1 saturated carbocycles. The van der Waals surface area contributed by atoms with Crippen molar-refractivity contribution in [1.82, 2.24) is 4.98 Å². The Hall–Kier alpha value is -0.830. The molecule has 0 N–H and O–H groups in total. The van der Waals surface area contributed by atoms with Crippen LogP contribution in [0.4, 0.5) is 0 Å². The maximum Gasteiger partial charge on any atom is 0.198 e. The number of benzene rings is 1. The second kappa shape index (κ2) is 2.83. The van der Waals surface area contributed by atoms with E-state index in [1.54, 1.807) is 0 Å². The largest absolute Gasteiger partial charge is 0.440 e. The molecular weight excluding hydrogens is 242 g/mol. The number of halogens is 1. The number of aryl methyl sites for hydroxylation is 1. The van der Waals surface area contributed by atoms with Crippen molar-refractivity contribution in [2.24, 2.45) is 0 Å². The molecule has 2 aromatic rings. The second-order valence-corrected chi connectivity index (χ2v) is 4.81. The summed E-state index contributed by atoms with van der Waals surface area (Å²) in [5.74, 6) is 1.50. The van der Waals surface area contributed by atoms with Crippen molar-refractivity contribution in [1.29, 1.82) is 0 Å². The molecule has 1 fully saturated rings. The molecule has 0 spiro atoms. The zero-order valence-corrected chi connectivity index (χ0v) is 9.47. The van der Waals surface area contributed by atoms with E-state index in [9.17, 15) is 0 Å². The van der Waals surface area contributed by atoms with E-state index in [1.165, 1.54) is 12.8 Å². The van der Waals surface area contributed by atoms with Gasteiger partial charge >= 0.3 is 0 Å². The average Bonchev–Trinajstić information content (AvgIpc) is 2.87. The monoisotopic (exact) mass is 251 g/mol. The minimum absolute atomic E-state index is 0.584. The zero-order chi connectivity index (χ0) is 9.71. The summed E-state index contributed by atoms with van der Waals surface area (Å²) in [6.07, 6.45) is 2.46. The fourth-order valence-electron chi connectivity index (χ4n) is 1.68. The molecule has 1 aliphatic rings. The van der Waals surface area contributed by atoms with E-state index in [2.05, 4.69) is 33.9 Å². The molecular formula is C11H10BrNO. The van der Waals surface area contributed by atoms with Gasteiger partial charge in [-0.25, -0.2) is 4.98 Å². The van der Waals surface area contributed by atoms with Crippen molar-refractivity contribution in [3.05, 3.63) is 28.1 Å². The zero-order valence-electron chi connectivity index (χ0n) is 7.88. The Labute approximate surface area is 90.4 Å². The summed E-state index contributed by atoms with van der Waals surface area (Å²) >= 11 is 3.46. The molecule has 0 bridgehead atoms. The first-order chi connectivity index (χ1) is 6.74. The highest BCUT2D eigenvalue weighted by Gasteiger charge is 2.29. The first kappa shape index (κ1) is 8.48. The van der Waals surface area contributed by atoms with Gasteiger partial charge in [0.2, 0.25) is 0 Å². The third kappa shape index (κ3) is 1.27. The van der Waals surface area contributed by atoms with Crippen molar-refractivity contribution in [3.8, 4) is 0 Å². The Morgan fingerprint density at radius 3 is 2.93 bits per heavy atom. The van der Waals surface area contributed by atoms with Crippen molar-refractivity contribution in [2.75, 3.05) is 0 Å². The summed E-state index contributed by atoms with van der Waals surface area (Å²) in [5.41, 5.74) is 3.06. The molecule has 3 rings (SSSR count).